The molecule has 1 aliphatic carbocycles. The van der Waals surface area contributed by atoms with E-state index in [-0.39, 0.29) is 71.4 Å². The Hall–Kier alpha value is -5.37. The molecule has 0 radical (unpaired) electrons. The minimum Gasteiger partial charge on any atom is -0.467 e. The van der Waals surface area contributed by atoms with Gasteiger partial charge in [0.15, 0.2) is 11.5 Å². The maximum absolute atomic E-state index is 14.3. The second kappa shape index (κ2) is 16.5. The number of amides is 4. The first kappa shape index (κ1) is 39.5. The van der Waals surface area contributed by atoms with Crippen molar-refractivity contribution in [2.75, 3.05) is 26.3 Å². The Kier molecular flexibility index (Phi) is 11.2. The summed E-state index contributed by atoms with van der Waals surface area (Å²) in [6.45, 7) is 7.69. The van der Waals surface area contributed by atoms with Gasteiger partial charge in [-0.1, -0.05) is 38.1 Å². The molecule has 2 N–H and O–H groups in total. The fourth-order valence-electron chi connectivity index (χ4n) is 8.83. The number of carbonyl (C=O) groups is 4. The number of ether oxygens (including phenoxy) is 1. The average Bonchev–Trinajstić information content (AvgIpc) is 3.58. The summed E-state index contributed by atoms with van der Waals surface area (Å²) in [5.41, 5.74) is 2.28. The zero-order valence-corrected chi connectivity index (χ0v) is 32.9. The first-order valence-corrected chi connectivity index (χ1v) is 20.3. The van der Waals surface area contributed by atoms with Crippen LogP contribution in [0, 0.1) is 29.4 Å². The first-order chi connectivity index (χ1) is 27.9. The number of benzene rings is 2. The van der Waals surface area contributed by atoms with Crippen LogP contribution in [0.1, 0.15) is 98.1 Å². The fourth-order valence-corrected chi connectivity index (χ4v) is 8.83. The van der Waals surface area contributed by atoms with E-state index in [4.69, 9.17) is 13.7 Å². The molecule has 4 aromatic rings. The van der Waals surface area contributed by atoms with Gasteiger partial charge >= 0.3 is 0 Å². The van der Waals surface area contributed by atoms with Gasteiger partial charge in [-0.15, -0.1) is 0 Å². The average molecular weight is 798 g/mol. The Morgan fingerprint density at radius 1 is 0.862 bits per heavy atom. The van der Waals surface area contributed by atoms with Crippen molar-refractivity contribution in [3.63, 3.8) is 0 Å². The predicted molar refractivity (Wildman–Crippen MR) is 207 cm³/mol. The van der Waals surface area contributed by atoms with Crippen molar-refractivity contribution in [2.45, 2.75) is 88.9 Å². The number of nitrogens with zero attached hydrogens (tertiary/aromatic N) is 3. The van der Waals surface area contributed by atoms with Crippen LogP contribution in [-0.2, 0) is 19.1 Å². The molecule has 4 fully saturated rings. The zero-order valence-electron chi connectivity index (χ0n) is 32.9. The summed E-state index contributed by atoms with van der Waals surface area (Å²) in [7, 11) is 0. The molecular weight excluding hydrogens is 749 g/mol. The molecule has 14 heteroatoms. The Balaban J connectivity index is 0.985. The normalized spacial score (nSPS) is 25.7. The lowest BCUT2D eigenvalue weighted by atomic mass is 9.86. The molecule has 1 saturated carbocycles. The van der Waals surface area contributed by atoms with Gasteiger partial charge in [0.2, 0.25) is 17.7 Å². The molecule has 8 rings (SSSR count). The largest absolute Gasteiger partial charge is 0.467 e. The summed E-state index contributed by atoms with van der Waals surface area (Å²) in [5.74, 6) is -1.25. The molecule has 1 unspecified atom stereocenters. The standard InChI is InChI=1S/C44H49F2N5O7/c1-24(2)16-37-41(52)48-36(22-51(37)44(55)34-20-39(58-49-34)28-6-10-31(46)11-7-28)40-18-29(23-57-40)25(3)17-38-42(53)47-35(27-12-14-56-15-13-27)21-50(38)43(54)33-19-32(33)26-4-8-30(45)9-5-26/h4-11,18,20,23-25,27,32-33,35-38H,12-17,19,21-22H2,1-3H3,(H,47,53)(H,48,52)/t25?,32-,33+,35+,36-,37-,38-/m0/s1. The predicted octanol–water partition coefficient (Wildman–Crippen LogP) is 6.36. The van der Waals surface area contributed by atoms with Gasteiger partial charge in [0, 0.05) is 49.9 Å². The van der Waals surface area contributed by atoms with Gasteiger partial charge in [-0.3, -0.25) is 19.2 Å². The van der Waals surface area contributed by atoms with E-state index < -0.39 is 29.8 Å². The Bertz CT molecular complexity index is 2130. The van der Waals surface area contributed by atoms with Crippen LogP contribution in [0.4, 0.5) is 8.78 Å². The Labute approximate surface area is 335 Å². The van der Waals surface area contributed by atoms with Gasteiger partial charge in [0.25, 0.3) is 5.91 Å². The molecule has 2 aromatic heterocycles. The number of piperazine rings is 2. The second-order valence-electron chi connectivity index (χ2n) is 16.7. The van der Waals surface area contributed by atoms with Crippen LogP contribution >= 0.6 is 0 Å². The van der Waals surface area contributed by atoms with E-state index in [1.165, 1.54) is 47.4 Å². The van der Waals surface area contributed by atoms with Crippen LogP contribution in [0.2, 0.25) is 0 Å². The molecular formula is C44H49F2N5O7. The lowest BCUT2D eigenvalue weighted by molar-refractivity contribution is -0.147. The van der Waals surface area contributed by atoms with Crippen molar-refractivity contribution in [3.8, 4) is 11.3 Å². The number of furan rings is 1. The van der Waals surface area contributed by atoms with Crippen LogP contribution in [0.3, 0.4) is 0 Å². The van der Waals surface area contributed by atoms with Crippen LogP contribution in [0.15, 0.2) is 75.9 Å². The summed E-state index contributed by atoms with van der Waals surface area (Å²) in [4.78, 5) is 59.1. The number of nitrogens with one attached hydrogen (secondary N) is 2. The van der Waals surface area contributed by atoms with Gasteiger partial charge in [0.1, 0.15) is 35.5 Å². The number of halogens is 2. The van der Waals surface area contributed by atoms with Gasteiger partial charge in [-0.25, -0.2) is 8.78 Å². The Morgan fingerprint density at radius 2 is 1.53 bits per heavy atom. The molecule has 306 valence electrons. The van der Waals surface area contributed by atoms with E-state index in [1.807, 2.05) is 26.8 Å². The maximum Gasteiger partial charge on any atom is 0.276 e. The molecule has 0 spiro atoms. The van der Waals surface area contributed by atoms with E-state index in [1.54, 1.807) is 23.3 Å². The van der Waals surface area contributed by atoms with Crippen molar-refractivity contribution in [1.82, 2.24) is 25.6 Å². The lowest BCUT2D eigenvalue weighted by Gasteiger charge is -2.43. The third kappa shape index (κ3) is 8.29. The molecule has 3 aliphatic heterocycles. The molecule has 5 heterocycles. The van der Waals surface area contributed by atoms with Crippen molar-refractivity contribution in [1.29, 1.82) is 0 Å². The van der Waals surface area contributed by atoms with Gasteiger partial charge in [-0.05, 0) is 109 Å². The van der Waals surface area contributed by atoms with Crippen LogP contribution < -0.4 is 10.6 Å². The van der Waals surface area contributed by atoms with Crippen molar-refractivity contribution < 1.29 is 41.6 Å². The Morgan fingerprint density at radius 3 is 2.24 bits per heavy atom. The highest BCUT2D eigenvalue weighted by Gasteiger charge is 2.50. The van der Waals surface area contributed by atoms with E-state index in [2.05, 4.69) is 15.8 Å². The summed E-state index contributed by atoms with van der Waals surface area (Å²) >= 11 is 0. The minimum atomic E-state index is -0.754. The summed E-state index contributed by atoms with van der Waals surface area (Å²) in [5, 5.41) is 10.3. The third-order valence-electron chi connectivity index (χ3n) is 12.2. The maximum atomic E-state index is 14.3. The van der Waals surface area contributed by atoms with Crippen LogP contribution in [-0.4, -0.2) is 83.0 Å². The minimum absolute atomic E-state index is 0.0208. The number of aromatic nitrogens is 1. The lowest BCUT2D eigenvalue weighted by Crippen LogP contribution is -2.64. The quantitative estimate of drug-likeness (QED) is 0.178. The zero-order chi connectivity index (χ0) is 40.7. The SMILES string of the molecule is CC(C)C[C@H]1C(=O)N[C@H](c2cc(C(C)C[C@H]3C(=O)N[C@@H](C4CCOCC4)CN3C(=O)[C@@H]3C[C@H]3c3ccc(F)cc3)co2)CN1C(=O)c1cc(-c2ccc(F)cc2)on1. The van der Waals surface area contributed by atoms with Crippen LogP contribution in [0.25, 0.3) is 11.3 Å². The van der Waals surface area contributed by atoms with Gasteiger partial charge < -0.3 is 34.1 Å². The highest BCUT2D eigenvalue weighted by molar-refractivity contribution is 5.97. The van der Waals surface area contributed by atoms with Crippen LogP contribution in [0.5, 0.6) is 0 Å². The first-order valence-electron chi connectivity index (χ1n) is 20.3. The molecule has 4 amide bonds. The topological polar surface area (TPSA) is 147 Å². The second-order valence-corrected chi connectivity index (χ2v) is 16.7. The van der Waals surface area contributed by atoms with E-state index >= 15 is 0 Å². The molecule has 3 saturated heterocycles. The molecule has 0 bridgehead atoms. The van der Waals surface area contributed by atoms with E-state index in [9.17, 15) is 28.0 Å². The highest BCUT2D eigenvalue weighted by Crippen LogP contribution is 2.49. The van der Waals surface area contributed by atoms with E-state index in [0.717, 1.165) is 24.0 Å². The fraction of sp³-hybridized carbons (Fsp3) is 0.477. The molecule has 2 aromatic carbocycles. The summed E-state index contributed by atoms with van der Waals surface area (Å²) in [6, 6.07) is 12.9. The third-order valence-corrected chi connectivity index (χ3v) is 12.2. The molecule has 58 heavy (non-hydrogen) atoms. The molecule has 12 nitrogen and oxygen atoms in total. The number of rotatable bonds is 11. The summed E-state index contributed by atoms with van der Waals surface area (Å²) < 4.78 is 44.3. The summed E-state index contributed by atoms with van der Waals surface area (Å²) in [6.07, 6.45) is 4.63. The number of carbonyl (C=O) groups excluding carboxylic acids is 4. The van der Waals surface area contributed by atoms with Gasteiger partial charge in [-0.2, -0.15) is 0 Å². The molecule has 7 atom stereocenters. The molecule has 4 aliphatic rings. The highest BCUT2D eigenvalue weighted by atomic mass is 19.1. The van der Waals surface area contributed by atoms with Crippen molar-refractivity contribution >= 4 is 23.6 Å². The van der Waals surface area contributed by atoms with Gasteiger partial charge in [0.05, 0.1) is 6.26 Å². The number of hydrogen-bond donors (Lipinski definition) is 2. The monoisotopic (exact) mass is 797 g/mol. The number of hydrogen-bond acceptors (Lipinski definition) is 8. The van der Waals surface area contributed by atoms with Crippen molar-refractivity contribution in [3.05, 3.63) is 101 Å². The van der Waals surface area contributed by atoms with Crippen molar-refractivity contribution in [2.24, 2.45) is 17.8 Å². The smallest absolute Gasteiger partial charge is 0.276 e. The van der Waals surface area contributed by atoms with E-state index in [0.29, 0.717) is 56.1 Å².